The van der Waals surface area contributed by atoms with Crippen molar-refractivity contribution in [1.29, 1.82) is 0 Å². The average molecular weight is 388 g/mol. The van der Waals surface area contributed by atoms with Gasteiger partial charge in [-0.15, -0.1) is 11.3 Å². The summed E-state index contributed by atoms with van der Waals surface area (Å²) in [5, 5.41) is 1.92. The van der Waals surface area contributed by atoms with Gasteiger partial charge in [-0.25, -0.2) is 0 Å². The summed E-state index contributed by atoms with van der Waals surface area (Å²) in [6.07, 6.45) is -3.59. The third-order valence-corrected chi connectivity index (χ3v) is 5.18. The number of halogens is 4. The van der Waals surface area contributed by atoms with Crippen molar-refractivity contribution < 1.29 is 18.0 Å². The summed E-state index contributed by atoms with van der Waals surface area (Å²) in [6.45, 7) is 0.338. The number of aldehydes is 1. The van der Waals surface area contributed by atoms with E-state index in [4.69, 9.17) is 0 Å². The number of benzene rings is 1. The molecule has 0 unspecified atom stereocenters. The lowest BCUT2D eigenvalue weighted by molar-refractivity contribution is -0.137. The molecule has 0 aliphatic rings. The summed E-state index contributed by atoms with van der Waals surface area (Å²) in [5.74, 6) is 0. The molecule has 0 fully saturated rings. The van der Waals surface area contributed by atoms with Crippen LogP contribution in [0.5, 0.6) is 0 Å². The molecule has 3 rings (SSSR count). The van der Waals surface area contributed by atoms with Crippen LogP contribution in [0.15, 0.2) is 40.2 Å². The van der Waals surface area contributed by atoms with Gasteiger partial charge in [0.25, 0.3) is 0 Å². The number of alkyl halides is 3. The van der Waals surface area contributed by atoms with Crippen molar-refractivity contribution in [2.45, 2.75) is 12.7 Å². The molecular formula is C15H9BrF3NOS. The van der Waals surface area contributed by atoms with E-state index in [0.717, 1.165) is 33.1 Å². The highest BCUT2D eigenvalue weighted by molar-refractivity contribution is 9.10. The molecule has 0 saturated heterocycles. The molecule has 2 heterocycles. The second-order valence-corrected chi connectivity index (χ2v) is 6.53. The number of thiophene rings is 1. The van der Waals surface area contributed by atoms with Crippen LogP contribution in [0.3, 0.4) is 0 Å². The highest BCUT2D eigenvalue weighted by Gasteiger charge is 2.29. The Morgan fingerprint density at radius 2 is 1.91 bits per heavy atom. The Hall–Kier alpha value is -1.60. The maximum absolute atomic E-state index is 12.6. The first kappa shape index (κ1) is 15.3. The smallest absolute Gasteiger partial charge is 0.332 e. The largest absolute Gasteiger partial charge is 0.416 e. The van der Waals surface area contributed by atoms with E-state index in [2.05, 4.69) is 15.9 Å². The van der Waals surface area contributed by atoms with Gasteiger partial charge in [-0.05, 0) is 39.7 Å². The van der Waals surface area contributed by atoms with Gasteiger partial charge in [0.1, 0.15) is 0 Å². The number of fused-ring (bicyclic) bond motifs is 1. The van der Waals surface area contributed by atoms with Gasteiger partial charge < -0.3 is 4.57 Å². The molecule has 0 N–H and O–H groups in total. The number of carbonyl (C=O) groups excluding carboxylic acids is 1. The van der Waals surface area contributed by atoms with Gasteiger partial charge in [0.2, 0.25) is 0 Å². The zero-order chi connectivity index (χ0) is 15.9. The van der Waals surface area contributed by atoms with E-state index < -0.39 is 11.7 Å². The van der Waals surface area contributed by atoms with Crippen molar-refractivity contribution in [3.63, 3.8) is 0 Å². The van der Waals surface area contributed by atoms with Crippen LogP contribution >= 0.6 is 27.3 Å². The monoisotopic (exact) mass is 387 g/mol. The Kier molecular flexibility index (Phi) is 3.86. The van der Waals surface area contributed by atoms with Gasteiger partial charge in [0, 0.05) is 11.9 Å². The standard InChI is InChI=1S/C15H9BrF3NOS/c16-12-8-22-13-5-11(7-21)20(14(12)13)6-9-1-3-10(4-2-9)15(17,18)19/h1-5,7-8H,6H2. The molecule has 22 heavy (non-hydrogen) atoms. The van der Waals surface area contributed by atoms with Gasteiger partial charge in [0.05, 0.1) is 25.9 Å². The van der Waals surface area contributed by atoms with E-state index in [9.17, 15) is 18.0 Å². The van der Waals surface area contributed by atoms with Crippen molar-refractivity contribution >= 4 is 43.8 Å². The summed E-state index contributed by atoms with van der Waals surface area (Å²) in [4.78, 5) is 11.2. The highest BCUT2D eigenvalue weighted by Crippen LogP contribution is 2.34. The Labute approximate surface area is 136 Å². The maximum Gasteiger partial charge on any atom is 0.416 e. The quantitative estimate of drug-likeness (QED) is 0.555. The van der Waals surface area contributed by atoms with Crippen LogP contribution in [-0.2, 0) is 12.7 Å². The van der Waals surface area contributed by atoms with Gasteiger partial charge in [-0.3, -0.25) is 4.79 Å². The van der Waals surface area contributed by atoms with Gasteiger partial charge in [-0.2, -0.15) is 13.2 Å². The fourth-order valence-electron chi connectivity index (χ4n) is 2.30. The lowest BCUT2D eigenvalue weighted by Gasteiger charge is -2.10. The predicted octanol–water partition coefficient (Wildman–Crippen LogP) is 5.34. The van der Waals surface area contributed by atoms with Crippen molar-refractivity contribution in [1.82, 2.24) is 4.57 Å². The highest BCUT2D eigenvalue weighted by atomic mass is 79.9. The molecule has 0 radical (unpaired) electrons. The van der Waals surface area contributed by atoms with Crippen molar-refractivity contribution in [2.75, 3.05) is 0 Å². The lowest BCUT2D eigenvalue weighted by Crippen LogP contribution is -2.06. The Morgan fingerprint density at radius 3 is 2.50 bits per heavy atom. The number of hydrogen-bond acceptors (Lipinski definition) is 2. The SMILES string of the molecule is O=Cc1cc2scc(Br)c2n1Cc1ccc(C(F)(F)F)cc1. The number of carbonyl (C=O) groups is 1. The molecule has 2 aromatic heterocycles. The zero-order valence-electron chi connectivity index (χ0n) is 11.0. The fourth-order valence-corrected chi connectivity index (χ4v) is 4.00. The summed E-state index contributed by atoms with van der Waals surface area (Å²) < 4.78 is 41.4. The second-order valence-electron chi connectivity index (χ2n) is 4.76. The van der Waals surface area contributed by atoms with E-state index in [1.165, 1.54) is 23.5 Å². The van der Waals surface area contributed by atoms with E-state index in [0.29, 0.717) is 17.8 Å². The summed E-state index contributed by atoms with van der Waals surface area (Å²) in [6, 6.07) is 6.76. The maximum atomic E-state index is 12.6. The molecular weight excluding hydrogens is 379 g/mol. The van der Waals surface area contributed by atoms with Gasteiger partial charge >= 0.3 is 6.18 Å². The molecule has 0 aliphatic heterocycles. The minimum absolute atomic E-state index is 0.338. The minimum atomic E-state index is -4.34. The van der Waals surface area contributed by atoms with Crippen LogP contribution in [0.1, 0.15) is 21.6 Å². The third kappa shape index (κ3) is 2.70. The van der Waals surface area contributed by atoms with Gasteiger partial charge in [-0.1, -0.05) is 12.1 Å². The Balaban J connectivity index is 1.99. The van der Waals surface area contributed by atoms with E-state index in [1.807, 2.05) is 5.38 Å². The molecule has 0 bridgehead atoms. The molecule has 2 nitrogen and oxygen atoms in total. The molecule has 114 valence electrons. The third-order valence-electron chi connectivity index (χ3n) is 3.35. The molecule has 0 aliphatic carbocycles. The lowest BCUT2D eigenvalue weighted by atomic mass is 10.1. The predicted molar refractivity (Wildman–Crippen MR) is 83.4 cm³/mol. The Bertz CT molecular complexity index is 833. The normalized spacial score (nSPS) is 12.0. The van der Waals surface area contributed by atoms with E-state index in [-0.39, 0.29) is 0 Å². The molecule has 0 spiro atoms. The molecule has 1 aromatic carbocycles. The van der Waals surface area contributed by atoms with Crippen LogP contribution in [0.25, 0.3) is 10.2 Å². The van der Waals surface area contributed by atoms with Crippen molar-refractivity contribution in [3.05, 3.63) is 57.0 Å². The van der Waals surface area contributed by atoms with Crippen molar-refractivity contribution in [3.8, 4) is 0 Å². The number of hydrogen-bond donors (Lipinski definition) is 0. The Morgan fingerprint density at radius 1 is 1.23 bits per heavy atom. The molecule has 3 aromatic rings. The molecule has 0 atom stereocenters. The zero-order valence-corrected chi connectivity index (χ0v) is 13.4. The second kappa shape index (κ2) is 5.55. The molecule has 0 amide bonds. The first-order valence-electron chi connectivity index (χ1n) is 6.27. The summed E-state index contributed by atoms with van der Waals surface area (Å²) in [5.41, 5.74) is 1.40. The number of rotatable bonds is 3. The van der Waals surface area contributed by atoms with Crippen molar-refractivity contribution in [2.24, 2.45) is 0 Å². The first-order chi connectivity index (χ1) is 10.4. The minimum Gasteiger partial charge on any atom is -0.332 e. The fraction of sp³-hybridized carbons (Fsp3) is 0.133. The first-order valence-corrected chi connectivity index (χ1v) is 7.95. The van der Waals surface area contributed by atoms with Crippen LogP contribution in [0.4, 0.5) is 13.2 Å². The molecule has 7 heteroatoms. The average Bonchev–Trinajstić information content (AvgIpc) is 2.99. The van der Waals surface area contributed by atoms with Crippen LogP contribution in [0, 0.1) is 0 Å². The summed E-state index contributed by atoms with van der Waals surface area (Å²) >= 11 is 4.94. The van der Waals surface area contributed by atoms with Crippen LogP contribution in [-0.4, -0.2) is 10.9 Å². The number of aromatic nitrogens is 1. The van der Waals surface area contributed by atoms with Crippen LogP contribution < -0.4 is 0 Å². The summed E-state index contributed by atoms with van der Waals surface area (Å²) in [7, 11) is 0. The van der Waals surface area contributed by atoms with E-state index >= 15 is 0 Å². The van der Waals surface area contributed by atoms with Crippen LogP contribution in [0.2, 0.25) is 0 Å². The van der Waals surface area contributed by atoms with Gasteiger partial charge in [0.15, 0.2) is 6.29 Å². The topological polar surface area (TPSA) is 22.0 Å². The number of nitrogens with zero attached hydrogens (tertiary/aromatic N) is 1. The molecule has 0 saturated carbocycles. The van der Waals surface area contributed by atoms with E-state index in [1.54, 1.807) is 10.6 Å².